The standard InChI is InChI=1S/C15H20N6O3S/c1-17-12-10(3-2-6-18-12)13-19-14(24-20-13)11-9-15(11)4-7-21(8-5-15)25(16,22)23/h2-3,6,11H,4-5,7-9H2,1H3,(H,17,18)(H2,16,22,23). The summed E-state index contributed by atoms with van der Waals surface area (Å²) in [5, 5.41) is 12.3. The fourth-order valence-corrected chi connectivity index (χ4v) is 4.40. The van der Waals surface area contributed by atoms with Gasteiger partial charge in [0, 0.05) is 32.3 Å². The molecule has 1 aliphatic heterocycles. The zero-order chi connectivity index (χ0) is 17.7. The number of hydrogen-bond donors (Lipinski definition) is 2. The van der Waals surface area contributed by atoms with Crippen molar-refractivity contribution in [2.45, 2.75) is 25.2 Å². The molecule has 2 aliphatic rings. The van der Waals surface area contributed by atoms with E-state index in [0.717, 1.165) is 24.8 Å². The third-order valence-electron chi connectivity index (χ3n) is 5.29. The zero-order valence-corrected chi connectivity index (χ0v) is 14.7. The van der Waals surface area contributed by atoms with E-state index in [9.17, 15) is 8.42 Å². The van der Waals surface area contributed by atoms with E-state index in [1.54, 1.807) is 13.2 Å². The van der Waals surface area contributed by atoms with Crippen molar-refractivity contribution in [2.75, 3.05) is 25.5 Å². The number of nitrogens with two attached hydrogens (primary N) is 1. The highest BCUT2D eigenvalue weighted by atomic mass is 32.2. The molecule has 0 bridgehead atoms. The molecule has 1 aliphatic carbocycles. The number of anilines is 1. The van der Waals surface area contributed by atoms with Crippen molar-refractivity contribution in [2.24, 2.45) is 10.6 Å². The Labute approximate surface area is 145 Å². The summed E-state index contributed by atoms with van der Waals surface area (Å²) in [5.74, 6) is 2.01. The summed E-state index contributed by atoms with van der Waals surface area (Å²) in [7, 11) is -1.81. The molecule has 1 atom stereocenters. The van der Waals surface area contributed by atoms with Crippen LogP contribution in [-0.4, -0.2) is 48.0 Å². The van der Waals surface area contributed by atoms with Gasteiger partial charge in [-0.05, 0) is 36.8 Å². The number of rotatable bonds is 4. The Hall–Kier alpha value is -2.04. The Morgan fingerprint density at radius 2 is 2.16 bits per heavy atom. The third kappa shape index (κ3) is 2.90. The first kappa shape index (κ1) is 16.4. The molecule has 4 rings (SSSR count). The molecular formula is C15H20N6O3S. The molecule has 1 unspecified atom stereocenters. The van der Waals surface area contributed by atoms with E-state index < -0.39 is 10.2 Å². The molecule has 0 amide bonds. The van der Waals surface area contributed by atoms with Crippen LogP contribution < -0.4 is 10.5 Å². The van der Waals surface area contributed by atoms with Crippen LogP contribution in [0.15, 0.2) is 22.9 Å². The van der Waals surface area contributed by atoms with Gasteiger partial charge in [0.25, 0.3) is 10.2 Å². The van der Waals surface area contributed by atoms with Gasteiger partial charge in [-0.15, -0.1) is 0 Å². The Bertz CT molecular complexity index is 888. The predicted molar refractivity (Wildman–Crippen MR) is 90.8 cm³/mol. The van der Waals surface area contributed by atoms with Crippen LogP contribution in [0.2, 0.25) is 0 Å². The van der Waals surface area contributed by atoms with Gasteiger partial charge in [0.1, 0.15) is 5.82 Å². The second-order valence-corrected chi connectivity index (χ2v) is 8.22. The quantitative estimate of drug-likeness (QED) is 0.826. The van der Waals surface area contributed by atoms with Gasteiger partial charge in [-0.25, -0.2) is 10.1 Å². The lowest BCUT2D eigenvalue weighted by molar-refractivity contribution is 0.242. The Morgan fingerprint density at radius 1 is 1.40 bits per heavy atom. The van der Waals surface area contributed by atoms with Crippen molar-refractivity contribution in [3.63, 3.8) is 0 Å². The predicted octanol–water partition coefficient (Wildman–Crippen LogP) is 0.946. The Morgan fingerprint density at radius 3 is 2.84 bits per heavy atom. The maximum absolute atomic E-state index is 11.4. The molecule has 134 valence electrons. The maximum Gasteiger partial charge on any atom is 0.276 e. The SMILES string of the molecule is CNc1ncccc1-c1noc(C2CC23CCN(S(N)(=O)=O)CC3)n1. The zero-order valence-electron chi connectivity index (χ0n) is 13.8. The van der Waals surface area contributed by atoms with Crippen LogP contribution in [0.1, 0.15) is 31.1 Å². The minimum Gasteiger partial charge on any atom is -0.373 e. The first-order valence-electron chi connectivity index (χ1n) is 8.17. The summed E-state index contributed by atoms with van der Waals surface area (Å²) in [4.78, 5) is 8.81. The average molecular weight is 364 g/mol. The van der Waals surface area contributed by atoms with Crippen molar-refractivity contribution in [1.82, 2.24) is 19.4 Å². The Balaban J connectivity index is 1.50. The van der Waals surface area contributed by atoms with E-state index in [1.165, 1.54) is 4.31 Å². The molecule has 1 saturated carbocycles. The first-order chi connectivity index (χ1) is 11.9. The van der Waals surface area contributed by atoms with Gasteiger partial charge in [0.05, 0.1) is 5.56 Å². The average Bonchev–Trinajstić information content (AvgIpc) is 3.07. The second kappa shape index (κ2) is 5.75. The summed E-state index contributed by atoms with van der Waals surface area (Å²) in [6.07, 6.45) is 4.17. The van der Waals surface area contributed by atoms with Gasteiger partial charge in [-0.2, -0.15) is 17.7 Å². The molecule has 3 heterocycles. The number of pyridine rings is 1. The molecule has 0 radical (unpaired) electrons. The van der Waals surface area contributed by atoms with Crippen LogP contribution in [0.4, 0.5) is 5.82 Å². The number of aromatic nitrogens is 3. The topological polar surface area (TPSA) is 127 Å². The number of hydrogen-bond acceptors (Lipinski definition) is 7. The fraction of sp³-hybridized carbons (Fsp3) is 0.533. The minimum absolute atomic E-state index is 0.0613. The van der Waals surface area contributed by atoms with E-state index in [-0.39, 0.29) is 11.3 Å². The molecule has 1 spiro atoms. The number of nitrogens with one attached hydrogen (secondary N) is 1. The molecule has 10 heteroatoms. The van der Waals surface area contributed by atoms with E-state index in [1.807, 2.05) is 12.1 Å². The fourth-order valence-electron chi connectivity index (χ4n) is 3.71. The van der Waals surface area contributed by atoms with Crippen molar-refractivity contribution in [3.8, 4) is 11.4 Å². The molecule has 2 aromatic heterocycles. The van der Waals surface area contributed by atoms with E-state index >= 15 is 0 Å². The van der Waals surface area contributed by atoms with Crippen molar-refractivity contribution >= 4 is 16.0 Å². The third-order valence-corrected chi connectivity index (χ3v) is 6.38. The Kier molecular flexibility index (Phi) is 3.78. The largest absolute Gasteiger partial charge is 0.373 e. The van der Waals surface area contributed by atoms with Crippen LogP contribution in [0.3, 0.4) is 0 Å². The van der Waals surface area contributed by atoms with Gasteiger partial charge in [-0.3, -0.25) is 0 Å². The lowest BCUT2D eigenvalue weighted by Gasteiger charge is -2.30. The monoisotopic (exact) mass is 364 g/mol. The summed E-state index contributed by atoms with van der Waals surface area (Å²) < 4.78 is 29.7. The van der Waals surface area contributed by atoms with Gasteiger partial charge in [0.15, 0.2) is 0 Å². The smallest absolute Gasteiger partial charge is 0.276 e. The molecule has 2 fully saturated rings. The van der Waals surface area contributed by atoms with Gasteiger partial charge in [-0.1, -0.05) is 5.16 Å². The highest BCUT2D eigenvalue weighted by Gasteiger charge is 2.58. The minimum atomic E-state index is -3.60. The second-order valence-electron chi connectivity index (χ2n) is 6.67. The first-order valence-corrected chi connectivity index (χ1v) is 9.68. The molecular weight excluding hydrogens is 344 g/mol. The molecule has 2 aromatic rings. The summed E-state index contributed by atoms with van der Waals surface area (Å²) in [6, 6.07) is 3.72. The molecule has 1 saturated heterocycles. The van der Waals surface area contributed by atoms with Crippen LogP contribution in [-0.2, 0) is 10.2 Å². The lowest BCUT2D eigenvalue weighted by atomic mass is 9.92. The maximum atomic E-state index is 11.4. The molecule has 3 N–H and O–H groups in total. The summed E-state index contributed by atoms with van der Waals surface area (Å²) in [6.45, 7) is 0.895. The van der Waals surface area contributed by atoms with Gasteiger partial charge >= 0.3 is 0 Å². The van der Waals surface area contributed by atoms with E-state index in [4.69, 9.17) is 9.66 Å². The number of piperidine rings is 1. The van der Waals surface area contributed by atoms with Crippen LogP contribution in [0.5, 0.6) is 0 Å². The van der Waals surface area contributed by atoms with Crippen LogP contribution in [0.25, 0.3) is 11.4 Å². The van der Waals surface area contributed by atoms with E-state index in [2.05, 4.69) is 20.4 Å². The highest BCUT2D eigenvalue weighted by molar-refractivity contribution is 7.86. The van der Waals surface area contributed by atoms with Crippen molar-refractivity contribution in [1.29, 1.82) is 0 Å². The van der Waals surface area contributed by atoms with Gasteiger partial charge < -0.3 is 9.84 Å². The molecule has 25 heavy (non-hydrogen) atoms. The summed E-state index contributed by atoms with van der Waals surface area (Å²) >= 11 is 0. The number of nitrogens with zero attached hydrogens (tertiary/aromatic N) is 4. The van der Waals surface area contributed by atoms with Crippen LogP contribution >= 0.6 is 0 Å². The molecule has 9 nitrogen and oxygen atoms in total. The van der Waals surface area contributed by atoms with Crippen molar-refractivity contribution < 1.29 is 12.9 Å². The van der Waals surface area contributed by atoms with Crippen molar-refractivity contribution in [3.05, 3.63) is 24.2 Å². The lowest BCUT2D eigenvalue weighted by Crippen LogP contribution is -2.43. The summed E-state index contributed by atoms with van der Waals surface area (Å²) in [5.41, 5.74) is 0.852. The van der Waals surface area contributed by atoms with E-state index in [0.29, 0.717) is 30.6 Å². The van der Waals surface area contributed by atoms with Crippen LogP contribution in [0, 0.1) is 5.41 Å². The van der Waals surface area contributed by atoms with Gasteiger partial charge in [0.2, 0.25) is 11.7 Å². The normalized spacial score (nSPS) is 22.9. The molecule has 0 aromatic carbocycles. The highest BCUT2D eigenvalue weighted by Crippen LogP contribution is 2.64.